The number of nitrogens with one attached hydrogen (secondary N) is 2. The van der Waals surface area contributed by atoms with Gasteiger partial charge in [-0.15, -0.1) is 0 Å². The summed E-state index contributed by atoms with van der Waals surface area (Å²) in [6, 6.07) is 13.5. The summed E-state index contributed by atoms with van der Waals surface area (Å²) in [4.78, 5) is 29.2. The maximum Gasteiger partial charge on any atom is 0.260 e. The van der Waals surface area contributed by atoms with Crippen LogP contribution < -0.4 is 15.5 Å². The summed E-state index contributed by atoms with van der Waals surface area (Å²) in [7, 11) is 2.16. The number of hydrogen-bond acceptors (Lipinski definition) is 5. The van der Waals surface area contributed by atoms with E-state index in [1.165, 1.54) is 5.69 Å². The molecule has 2 aliphatic heterocycles. The van der Waals surface area contributed by atoms with Crippen LogP contribution >= 0.6 is 15.9 Å². The summed E-state index contributed by atoms with van der Waals surface area (Å²) in [6.07, 6.45) is 2.81. The average Bonchev–Trinajstić information content (AvgIpc) is 2.92. The number of imide groups is 1. The minimum absolute atomic E-state index is 0.373. The van der Waals surface area contributed by atoms with E-state index in [0.717, 1.165) is 42.8 Å². The predicted molar refractivity (Wildman–Crippen MR) is 119 cm³/mol. The lowest BCUT2D eigenvalue weighted by molar-refractivity contribution is -0.114. The molecule has 0 bridgehead atoms. The molecule has 6 nitrogen and oxygen atoms in total. The molecule has 150 valence electrons. The van der Waals surface area contributed by atoms with E-state index in [-0.39, 0.29) is 5.91 Å². The van der Waals surface area contributed by atoms with Gasteiger partial charge in [-0.25, -0.2) is 0 Å². The first-order chi connectivity index (χ1) is 14.0. The summed E-state index contributed by atoms with van der Waals surface area (Å²) >= 11 is 3.41. The topological polar surface area (TPSA) is 64.7 Å². The van der Waals surface area contributed by atoms with Crippen LogP contribution in [0.25, 0.3) is 5.57 Å². The summed E-state index contributed by atoms with van der Waals surface area (Å²) in [5.41, 5.74) is 3.62. The molecular weight excluding hydrogens is 432 g/mol. The Kier molecular flexibility index (Phi) is 5.69. The van der Waals surface area contributed by atoms with Crippen molar-refractivity contribution >= 4 is 44.7 Å². The van der Waals surface area contributed by atoms with Crippen LogP contribution in [0, 0.1) is 0 Å². The highest BCUT2D eigenvalue weighted by Gasteiger charge is 2.27. The Bertz CT molecular complexity index is 971. The van der Waals surface area contributed by atoms with Crippen molar-refractivity contribution in [2.24, 2.45) is 0 Å². The molecule has 0 spiro atoms. The van der Waals surface area contributed by atoms with Crippen LogP contribution in [0.5, 0.6) is 0 Å². The molecule has 2 aromatic rings. The first kappa shape index (κ1) is 19.7. The largest absolute Gasteiger partial charge is 0.370 e. The van der Waals surface area contributed by atoms with E-state index in [1.54, 1.807) is 24.4 Å². The van der Waals surface area contributed by atoms with Crippen LogP contribution in [0.1, 0.15) is 22.3 Å². The van der Waals surface area contributed by atoms with Crippen LogP contribution in [-0.2, 0) is 4.79 Å². The molecule has 7 heteroatoms. The van der Waals surface area contributed by atoms with Crippen molar-refractivity contribution in [1.82, 2.24) is 10.2 Å². The van der Waals surface area contributed by atoms with Gasteiger partial charge in [0, 0.05) is 52.8 Å². The lowest BCUT2D eigenvalue weighted by Gasteiger charge is -2.23. The van der Waals surface area contributed by atoms with E-state index in [9.17, 15) is 9.59 Å². The number of amides is 2. The highest BCUT2D eigenvalue weighted by atomic mass is 79.9. The van der Waals surface area contributed by atoms with Crippen LogP contribution in [0.3, 0.4) is 0 Å². The van der Waals surface area contributed by atoms with Gasteiger partial charge in [0.1, 0.15) is 0 Å². The zero-order valence-corrected chi connectivity index (χ0v) is 17.8. The number of rotatable bonds is 3. The molecule has 2 aliphatic rings. The molecule has 0 unspecified atom stereocenters. The first-order valence-corrected chi connectivity index (χ1v) is 10.5. The van der Waals surface area contributed by atoms with Crippen molar-refractivity contribution in [3.63, 3.8) is 0 Å². The fourth-order valence-corrected chi connectivity index (χ4v) is 4.03. The van der Waals surface area contributed by atoms with E-state index in [4.69, 9.17) is 0 Å². The molecule has 2 aromatic carbocycles. The Hall–Kier alpha value is -2.64. The Balaban J connectivity index is 1.52. The third-order valence-corrected chi connectivity index (χ3v) is 5.82. The van der Waals surface area contributed by atoms with Gasteiger partial charge in [-0.1, -0.05) is 15.9 Å². The second-order valence-electron chi connectivity index (χ2n) is 7.37. The minimum atomic E-state index is -0.404. The molecule has 29 heavy (non-hydrogen) atoms. The Morgan fingerprint density at radius 3 is 2.55 bits per heavy atom. The summed E-state index contributed by atoms with van der Waals surface area (Å²) in [6.45, 7) is 4.27. The fourth-order valence-electron chi connectivity index (χ4n) is 3.67. The van der Waals surface area contributed by atoms with Crippen LogP contribution in [0.2, 0.25) is 0 Å². The van der Waals surface area contributed by atoms with Crippen LogP contribution in [0.15, 0.2) is 53.1 Å². The molecule has 0 aliphatic carbocycles. The summed E-state index contributed by atoms with van der Waals surface area (Å²) in [5.74, 6) is -0.777. The van der Waals surface area contributed by atoms with Gasteiger partial charge in [-0.05, 0) is 62.5 Å². The Labute approximate surface area is 178 Å². The fraction of sp³-hybridized carbons (Fsp3) is 0.273. The molecule has 2 N–H and O–H groups in total. The van der Waals surface area contributed by atoms with Crippen molar-refractivity contribution in [2.45, 2.75) is 6.42 Å². The highest BCUT2D eigenvalue weighted by molar-refractivity contribution is 9.10. The number of nitrogens with zero attached hydrogens (tertiary/aromatic N) is 2. The summed E-state index contributed by atoms with van der Waals surface area (Å²) < 4.78 is 0.817. The van der Waals surface area contributed by atoms with Gasteiger partial charge >= 0.3 is 0 Å². The number of carbonyl (C=O) groups is 2. The van der Waals surface area contributed by atoms with Crippen molar-refractivity contribution < 1.29 is 9.59 Å². The lowest BCUT2D eigenvalue weighted by atomic mass is 9.95. The van der Waals surface area contributed by atoms with Gasteiger partial charge in [-0.2, -0.15) is 0 Å². The number of anilines is 2. The van der Waals surface area contributed by atoms with E-state index in [2.05, 4.69) is 55.5 Å². The first-order valence-electron chi connectivity index (χ1n) is 9.67. The van der Waals surface area contributed by atoms with Crippen molar-refractivity contribution in [2.75, 3.05) is 43.4 Å². The third-order valence-electron chi connectivity index (χ3n) is 5.32. The van der Waals surface area contributed by atoms with Gasteiger partial charge in [0.25, 0.3) is 11.8 Å². The van der Waals surface area contributed by atoms with Gasteiger partial charge in [0.15, 0.2) is 0 Å². The average molecular weight is 455 g/mol. The van der Waals surface area contributed by atoms with Crippen molar-refractivity contribution in [1.29, 1.82) is 0 Å². The Morgan fingerprint density at radius 2 is 1.76 bits per heavy atom. The van der Waals surface area contributed by atoms with Crippen molar-refractivity contribution in [3.05, 3.63) is 64.3 Å². The quantitative estimate of drug-likeness (QED) is 0.550. The lowest BCUT2D eigenvalue weighted by Crippen LogP contribution is -2.36. The van der Waals surface area contributed by atoms with Crippen LogP contribution in [-0.4, -0.2) is 49.9 Å². The molecule has 0 atom stereocenters. The van der Waals surface area contributed by atoms with Crippen molar-refractivity contribution in [3.8, 4) is 0 Å². The van der Waals surface area contributed by atoms with Crippen LogP contribution in [0.4, 0.5) is 11.4 Å². The molecule has 2 heterocycles. The second-order valence-corrected chi connectivity index (χ2v) is 8.28. The predicted octanol–water partition coefficient (Wildman–Crippen LogP) is 3.31. The van der Waals surface area contributed by atoms with E-state index in [1.807, 2.05) is 12.1 Å². The molecule has 2 amide bonds. The minimum Gasteiger partial charge on any atom is -0.370 e. The second kappa shape index (κ2) is 8.39. The molecule has 0 saturated carbocycles. The smallest absolute Gasteiger partial charge is 0.260 e. The third kappa shape index (κ3) is 4.36. The molecule has 0 radical (unpaired) electrons. The Morgan fingerprint density at radius 1 is 0.966 bits per heavy atom. The number of fused-ring (bicyclic) bond motifs is 1. The van der Waals surface area contributed by atoms with E-state index < -0.39 is 5.91 Å². The maximum atomic E-state index is 12.4. The summed E-state index contributed by atoms with van der Waals surface area (Å²) in [5, 5.41) is 5.58. The molecule has 1 saturated heterocycles. The van der Waals surface area contributed by atoms with Gasteiger partial charge in [-0.3, -0.25) is 14.9 Å². The van der Waals surface area contributed by atoms with Gasteiger partial charge in [0.2, 0.25) is 0 Å². The number of halogens is 1. The normalized spacial score (nSPS) is 19.0. The highest BCUT2D eigenvalue weighted by Crippen LogP contribution is 2.28. The number of carbonyl (C=O) groups excluding carboxylic acids is 2. The zero-order valence-electron chi connectivity index (χ0n) is 16.2. The molecule has 0 aromatic heterocycles. The SMILES string of the molecule is CN1CCCN(c2ccc(NC=C3C(=O)NC(=O)c4ccc(Br)cc43)cc2)CC1. The van der Waals surface area contributed by atoms with E-state index in [0.29, 0.717) is 16.7 Å². The van der Waals surface area contributed by atoms with E-state index >= 15 is 0 Å². The number of benzene rings is 2. The van der Waals surface area contributed by atoms with Gasteiger partial charge in [0.05, 0.1) is 5.57 Å². The van der Waals surface area contributed by atoms with Gasteiger partial charge < -0.3 is 15.1 Å². The number of hydrogen-bond donors (Lipinski definition) is 2. The molecule has 4 rings (SSSR count). The monoisotopic (exact) mass is 454 g/mol. The molecular formula is C22H23BrN4O2. The maximum absolute atomic E-state index is 12.4. The molecule has 1 fully saturated rings. The standard InChI is InChI=1S/C22H23BrN4O2/c1-26-9-2-10-27(12-11-26)17-6-4-16(5-7-17)24-14-20-19-13-15(23)3-8-18(19)21(28)25-22(20)29/h3-8,13-14,24H,2,9-12H2,1H3,(H,25,28,29). The zero-order chi connectivity index (χ0) is 20.4. The number of likely N-dealkylation sites (N-methyl/N-ethyl adjacent to an activating group) is 1.